The number of benzene rings is 1. The normalized spacial score (nSPS) is 18.5. The van der Waals surface area contributed by atoms with Crippen molar-refractivity contribution >= 4 is 33.4 Å². The second kappa shape index (κ2) is 8.46. The van der Waals surface area contributed by atoms with Crippen LogP contribution in [0.1, 0.15) is 17.4 Å². The van der Waals surface area contributed by atoms with E-state index in [4.69, 9.17) is 4.74 Å². The Labute approximate surface area is 197 Å². The summed E-state index contributed by atoms with van der Waals surface area (Å²) in [5, 5.41) is 0.929. The minimum atomic E-state index is -4.43. The highest BCUT2D eigenvalue weighted by Gasteiger charge is 2.50. The van der Waals surface area contributed by atoms with Crippen LogP contribution in [0.3, 0.4) is 0 Å². The van der Waals surface area contributed by atoms with Crippen molar-refractivity contribution in [3.05, 3.63) is 64.6 Å². The number of aromatic nitrogens is 3. The molecule has 4 aromatic rings. The number of anilines is 1. The molecule has 3 aromatic heterocycles. The number of rotatable bonds is 4. The Balaban J connectivity index is 1.71. The van der Waals surface area contributed by atoms with E-state index in [-0.39, 0.29) is 30.0 Å². The number of carbonyl (C=O) groups is 1. The van der Waals surface area contributed by atoms with E-state index in [1.54, 1.807) is 29.2 Å². The maximum Gasteiger partial charge on any atom is 0.396 e. The van der Waals surface area contributed by atoms with Crippen molar-refractivity contribution in [2.45, 2.75) is 19.2 Å². The molecule has 1 saturated heterocycles. The van der Waals surface area contributed by atoms with Crippen LogP contribution in [0.15, 0.2) is 53.5 Å². The number of alkyl halides is 3. The first-order valence-corrected chi connectivity index (χ1v) is 10.9. The molecule has 35 heavy (non-hydrogen) atoms. The van der Waals surface area contributed by atoms with Crippen molar-refractivity contribution in [3.63, 3.8) is 0 Å². The van der Waals surface area contributed by atoms with Gasteiger partial charge in [-0.3, -0.25) is 14.6 Å². The third kappa shape index (κ3) is 4.03. The van der Waals surface area contributed by atoms with Gasteiger partial charge in [-0.05, 0) is 18.2 Å². The fourth-order valence-electron chi connectivity index (χ4n) is 4.66. The molecule has 1 fully saturated rings. The van der Waals surface area contributed by atoms with Crippen molar-refractivity contribution in [2.75, 3.05) is 25.1 Å². The average Bonchev–Trinajstić information content (AvgIpc) is 3.28. The zero-order chi connectivity index (χ0) is 24.9. The molecule has 2 atom stereocenters. The Morgan fingerprint density at radius 3 is 2.63 bits per heavy atom. The molecular weight excluding hydrogens is 461 g/mol. The van der Waals surface area contributed by atoms with Gasteiger partial charge in [-0.25, -0.2) is 4.98 Å². The molecule has 5 rings (SSSR count). The van der Waals surface area contributed by atoms with Gasteiger partial charge in [0.2, 0.25) is 0 Å². The van der Waals surface area contributed by atoms with Gasteiger partial charge < -0.3 is 14.6 Å². The standard InChI is InChI=1S/C25H21F3N4O3/c1-13(33)23-22-18(7-8-29-23)30-19(10-20(22)34)15-9-14-5-3-4-6-17(14)31-24(15)32-11-16(25(26,27)28)21(12-32)35-2/h3-10,16,21H,11-12H2,1-2H3,(H,30,34)/t16-,21-/m0/s1. The molecular formula is C25H21F3N4O3. The largest absolute Gasteiger partial charge is 0.396 e. The van der Waals surface area contributed by atoms with Crippen molar-refractivity contribution in [3.8, 4) is 11.3 Å². The number of Topliss-reactive ketones (excluding diaryl/α,β-unsaturated/α-hetero) is 1. The Morgan fingerprint density at radius 2 is 1.94 bits per heavy atom. The molecule has 0 spiro atoms. The Bertz CT molecular complexity index is 1520. The van der Waals surface area contributed by atoms with Gasteiger partial charge in [0.1, 0.15) is 17.4 Å². The van der Waals surface area contributed by atoms with Crippen LogP contribution in [-0.4, -0.2) is 53.2 Å². The second-order valence-corrected chi connectivity index (χ2v) is 8.57. The van der Waals surface area contributed by atoms with Crippen molar-refractivity contribution in [1.82, 2.24) is 15.0 Å². The molecule has 0 amide bonds. The quantitative estimate of drug-likeness (QED) is 0.435. The van der Waals surface area contributed by atoms with E-state index in [1.807, 2.05) is 12.1 Å². The molecule has 180 valence electrons. The monoisotopic (exact) mass is 482 g/mol. The number of hydrogen-bond donors (Lipinski definition) is 1. The number of ether oxygens (including phenoxy) is 1. The van der Waals surface area contributed by atoms with Crippen LogP contribution in [0.2, 0.25) is 0 Å². The maximum absolute atomic E-state index is 13.7. The number of ketones is 1. The lowest BCUT2D eigenvalue weighted by molar-refractivity contribution is -0.191. The summed E-state index contributed by atoms with van der Waals surface area (Å²) in [4.78, 5) is 38.5. The Hall–Kier alpha value is -3.79. The number of nitrogens with one attached hydrogen (secondary N) is 1. The maximum atomic E-state index is 13.7. The summed E-state index contributed by atoms with van der Waals surface area (Å²) in [5.41, 5.74) is 1.50. The van der Waals surface area contributed by atoms with E-state index in [0.29, 0.717) is 28.1 Å². The number of halogens is 3. The molecule has 1 aromatic carbocycles. The van der Waals surface area contributed by atoms with Gasteiger partial charge in [-0.15, -0.1) is 0 Å². The number of carbonyl (C=O) groups excluding carboxylic acids is 1. The summed E-state index contributed by atoms with van der Waals surface area (Å²) in [6, 6.07) is 12.0. The highest BCUT2D eigenvalue weighted by molar-refractivity contribution is 6.04. The number of fused-ring (bicyclic) bond motifs is 2. The molecule has 1 N–H and O–H groups in total. The highest BCUT2D eigenvalue weighted by atomic mass is 19.4. The van der Waals surface area contributed by atoms with Crippen LogP contribution in [0.4, 0.5) is 19.0 Å². The van der Waals surface area contributed by atoms with Gasteiger partial charge >= 0.3 is 6.18 Å². The summed E-state index contributed by atoms with van der Waals surface area (Å²) in [7, 11) is 1.27. The average molecular weight is 482 g/mol. The summed E-state index contributed by atoms with van der Waals surface area (Å²) < 4.78 is 46.2. The van der Waals surface area contributed by atoms with Crippen molar-refractivity contribution in [1.29, 1.82) is 0 Å². The van der Waals surface area contributed by atoms with Crippen LogP contribution in [0.5, 0.6) is 0 Å². The lowest BCUT2D eigenvalue weighted by Crippen LogP contribution is -2.34. The molecule has 1 aliphatic heterocycles. The summed E-state index contributed by atoms with van der Waals surface area (Å²) in [5.74, 6) is -1.70. The summed E-state index contributed by atoms with van der Waals surface area (Å²) in [6.07, 6.45) is -4.05. The molecule has 0 radical (unpaired) electrons. The van der Waals surface area contributed by atoms with Crippen molar-refractivity contribution < 1.29 is 22.7 Å². The smallest absolute Gasteiger partial charge is 0.379 e. The molecule has 0 bridgehead atoms. The van der Waals surface area contributed by atoms with Crippen molar-refractivity contribution in [2.24, 2.45) is 5.92 Å². The fourth-order valence-corrected chi connectivity index (χ4v) is 4.66. The van der Waals surface area contributed by atoms with E-state index in [1.165, 1.54) is 26.3 Å². The first kappa shape index (κ1) is 23.0. The van der Waals surface area contributed by atoms with Gasteiger partial charge in [-0.1, -0.05) is 18.2 Å². The van der Waals surface area contributed by atoms with Gasteiger partial charge in [0.05, 0.1) is 28.2 Å². The molecule has 0 unspecified atom stereocenters. The van der Waals surface area contributed by atoms with Gasteiger partial charge in [0.15, 0.2) is 11.2 Å². The summed E-state index contributed by atoms with van der Waals surface area (Å²) in [6.45, 7) is 1.00. The fraction of sp³-hybridized carbons (Fsp3) is 0.280. The summed E-state index contributed by atoms with van der Waals surface area (Å²) >= 11 is 0. The minimum absolute atomic E-state index is 0.00473. The number of pyridine rings is 3. The lowest BCUT2D eigenvalue weighted by Gasteiger charge is -2.22. The van der Waals surface area contributed by atoms with Crippen LogP contribution >= 0.6 is 0 Å². The zero-order valence-electron chi connectivity index (χ0n) is 18.9. The van der Waals surface area contributed by atoms with Crippen LogP contribution in [0, 0.1) is 5.92 Å². The minimum Gasteiger partial charge on any atom is -0.379 e. The number of methoxy groups -OCH3 is 1. The van der Waals surface area contributed by atoms with E-state index in [2.05, 4.69) is 15.0 Å². The third-order valence-corrected chi connectivity index (χ3v) is 6.36. The van der Waals surface area contributed by atoms with Gasteiger partial charge in [0, 0.05) is 50.3 Å². The molecule has 10 heteroatoms. The molecule has 0 saturated carbocycles. The number of para-hydroxylation sites is 1. The van der Waals surface area contributed by atoms with E-state index in [0.717, 1.165) is 5.39 Å². The third-order valence-electron chi connectivity index (χ3n) is 6.36. The number of H-pyrrole nitrogens is 1. The zero-order valence-corrected chi connectivity index (χ0v) is 18.9. The Morgan fingerprint density at radius 1 is 1.17 bits per heavy atom. The van der Waals surface area contributed by atoms with E-state index >= 15 is 0 Å². The van der Waals surface area contributed by atoms with E-state index in [9.17, 15) is 22.8 Å². The number of aromatic amines is 1. The predicted molar refractivity (Wildman–Crippen MR) is 126 cm³/mol. The number of hydrogen-bond acceptors (Lipinski definition) is 6. The molecule has 4 heterocycles. The van der Waals surface area contributed by atoms with Crippen LogP contribution in [0.25, 0.3) is 33.1 Å². The topological polar surface area (TPSA) is 88.2 Å². The molecule has 1 aliphatic rings. The Kier molecular flexibility index (Phi) is 5.55. The SMILES string of the molecule is CO[C@H]1CN(c2nc3ccccc3cc2-c2cc(=O)c3c(C(C)=O)nccc3[nH]2)C[C@@H]1C(F)(F)F. The van der Waals surface area contributed by atoms with Gasteiger partial charge in [0.25, 0.3) is 0 Å². The van der Waals surface area contributed by atoms with E-state index < -0.39 is 23.6 Å². The van der Waals surface area contributed by atoms with Crippen LogP contribution in [-0.2, 0) is 4.74 Å². The highest BCUT2D eigenvalue weighted by Crippen LogP contribution is 2.40. The van der Waals surface area contributed by atoms with Gasteiger partial charge in [-0.2, -0.15) is 13.2 Å². The first-order valence-electron chi connectivity index (χ1n) is 10.9. The first-order chi connectivity index (χ1) is 16.7. The predicted octanol–water partition coefficient (Wildman–Crippen LogP) is 4.35. The van der Waals surface area contributed by atoms with Crippen LogP contribution < -0.4 is 10.3 Å². The molecule has 0 aliphatic carbocycles. The number of nitrogens with zero attached hydrogens (tertiary/aromatic N) is 3. The second-order valence-electron chi connectivity index (χ2n) is 8.57. The molecule has 7 nitrogen and oxygen atoms in total. The lowest BCUT2D eigenvalue weighted by atomic mass is 10.1.